The van der Waals surface area contributed by atoms with Crippen LogP contribution in [0.25, 0.3) is 0 Å². The molecular weight excluding hydrogens is 464 g/mol. The minimum atomic E-state index is -3.69. The number of thiophene rings is 1. The second-order valence-corrected chi connectivity index (χ2v) is 12.3. The maximum atomic E-state index is 12.9. The molecule has 0 N–H and O–H groups in total. The lowest BCUT2D eigenvalue weighted by Gasteiger charge is -2.32. The van der Waals surface area contributed by atoms with Crippen molar-refractivity contribution in [3.05, 3.63) is 27.8 Å². The molecule has 1 aliphatic heterocycles. The summed E-state index contributed by atoms with van der Waals surface area (Å²) < 4.78 is 56.3. The number of piperazine rings is 1. The first kappa shape index (κ1) is 20.0. The molecule has 2 aromatic heterocycles. The summed E-state index contributed by atoms with van der Waals surface area (Å²) in [5.41, 5.74) is 0.449. The van der Waals surface area contributed by atoms with E-state index >= 15 is 0 Å². The lowest BCUT2D eigenvalue weighted by molar-refractivity contribution is 0.273. The molecule has 0 bridgehead atoms. The normalized spacial score (nSPS) is 17.7. The van der Waals surface area contributed by atoms with Gasteiger partial charge in [-0.15, -0.1) is 11.3 Å². The fourth-order valence-electron chi connectivity index (χ4n) is 2.77. The second kappa shape index (κ2) is 7.32. The van der Waals surface area contributed by atoms with Gasteiger partial charge in [0.2, 0.25) is 10.0 Å². The van der Waals surface area contributed by atoms with Gasteiger partial charge < -0.3 is 0 Å². The molecule has 0 spiro atoms. The molecule has 0 unspecified atom stereocenters. The number of hydrogen-bond acceptors (Lipinski definition) is 6. The van der Waals surface area contributed by atoms with Crippen molar-refractivity contribution in [1.29, 1.82) is 0 Å². The van der Waals surface area contributed by atoms with Crippen molar-refractivity contribution in [2.75, 3.05) is 26.2 Å². The Bertz CT molecular complexity index is 1000. The van der Waals surface area contributed by atoms with Gasteiger partial charge in [-0.25, -0.2) is 16.8 Å². The molecule has 1 fully saturated rings. The Morgan fingerprint density at radius 2 is 1.65 bits per heavy atom. The maximum absolute atomic E-state index is 12.9. The van der Waals surface area contributed by atoms with Crippen LogP contribution in [0.5, 0.6) is 0 Å². The third kappa shape index (κ3) is 3.62. The van der Waals surface area contributed by atoms with Crippen LogP contribution in [0.2, 0.25) is 0 Å². The molecular formula is C14H19BrN4O4S3. The Morgan fingerprint density at radius 3 is 2.12 bits per heavy atom. The molecule has 0 aliphatic carbocycles. The molecule has 1 saturated heterocycles. The van der Waals surface area contributed by atoms with Gasteiger partial charge in [0.1, 0.15) is 9.10 Å². The first-order chi connectivity index (χ1) is 12.2. The maximum Gasteiger partial charge on any atom is 0.252 e. The zero-order valence-corrected chi connectivity index (χ0v) is 18.3. The van der Waals surface area contributed by atoms with Crippen LogP contribution in [0.15, 0.2) is 31.2 Å². The Kier molecular flexibility index (Phi) is 5.62. The molecule has 3 heterocycles. The predicted octanol–water partition coefficient (Wildman–Crippen LogP) is 1.73. The van der Waals surface area contributed by atoms with E-state index in [-0.39, 0.29) is 35.3 Å². The van der Waals surface area contributed by atoms with Crippen molar-refractivity contribution in [3.8, 4) is 0 Å². The lowest BCUT2D eigenvalue weighted by atomic mass is 10.4. The largest absolute Gasteiger partial charge is 0.271 e. The highest BCUT2D eigenvalue weighted by Gasteiger charge is 2.35. The number of nitrogens with zero attached hydrogens (tertiary/aromatic N) is 4. The standard InChI is InChI=1S/C14H19BrN4O4S3/c1-3-17-10-12(11(2)16-17)25(20,21)18-6-8-19(9-7-18)26(22,23)14-5-4-13(15)24-14/h4-5,10H,3,6-9H2,1-2H3. The topological polar surface area (TPSA) is 92.6 Å². The van der Waals surface area contributed by atoms with Gasteiger partial charge in [-0.2, -0.15) is 13.7 Å². The molecule has 1 aliphatic rings. The van der Waals surface area contributed by atoms with Crippen molar-refractivity contribution >= 4 is 47.3 Å². The Hall–Kier alpha value is -0.790. The second-order valence-electron chi connectivity index (χ2n) is 5.80. The molecule has 0 radical (unpaired) electrons. The van der Waals surface area contributed by atoms with Crippen LogP contribution in [0.4, 0.5) is 0 Å². The highest BCUT2D eigenvalue weighted by Crippen LogP contribution is 2.29. The van der Waals surface area contributed by atoms with Gasteiger partial charge in [-0.3, -0.25) is 4.68 Å². The number of aryl methyl sites for hydroxylation is 2. The minimum absolute atomic E-state index is 0.116. The molecule has 0 aromatic carbocycles. The van der Waals surface area contributed by atoms with Crippen molar-refractivity contribution in [2.24, 2.45) is 0 Å². The number of halogens is 1. The van der Waals surface area contributed by atoms with Gasteiger partial charge in [-0.05, 0) is 41.9 Å². The average Bonchev–Trinajstić information content (AvgIpc) is 3.21. The number of sulfonamides is 2. The van der Waals surface area contributed by atoms with Crippen LogP contribution in [0.1, 0.15) is 12.6 Å². The Labute approximate surface area is 165 Å². The molecule has 0 saturated carbocycles. The van der Waals surface area contributed by atoms with Crippen molar-refractivity contribution < 1.29 is 16.8 Å². The molecule has 26 heavy (non-hydrogen) atoms. The van der Waals surface area contributed by atoms with Gasteiger partial charge >= 0.3 is 0 Å². The van der Waals surface area contributed by atoms with E-state index in [0.717, 1.165) is 15.1 Å². The van der Waals surface area contributed by atoms with E-state index in [0.29, 0.717) is 12.2 Å². The summed E-state index contributed by atoms with van der Waals surface area (Å²) in [6.07, 6.45) is 1.52. The molecule has 144 valence electrons. The van der Waals surface area contributed by atoms with Gasteiger partial charge in [0.15, 0.2) is 0 Å². The summed E-state index contributed by atoms with van der Waals surface area (Å²) >= 11 is 4.41. The van der Waals surface area contributed by atoms with E-state index in [2.05, 4.69) is 21.0 Å². The minimum Gasteiger partial charge on any atom is -0.271 e. The summed E-state index contributed by atoms with van der Waals surface area (Å²) in [7, 11) is -7.29. The van der Waals surface area contributed by atoms with E-state index < -0.39 is 20.0 Å². The smallest absolute Gasteiger partial charge is 0.252 e. The zero-order chi connectivity index (χ0) is 19.1. The Morgan fingerprint density at radius 1 is 1.08 bits per heavy atom. The van der Waals surface area contributed by atoms with E-state index in [1.807, 2.05) is 6.92 Å². The van der Waals surface area contributed by atoms with Crippen LogP contribution in [0, 0.1) is 6.92 Å². The van der Waals surface area contributed by atoms with Crippen LogP contribution >= 0.6 is 27.3 Å². The third-order valence-corrected chi connectivity index (χ3v) is 10.2. The van der Waals surface area contributed by atoms with Crippen LogP contribution in [-0.4, -0.2) is 61.4 Å². The molecule has 0 atom stereocenters. The summed E-state index contributed by atoms with van der Waals surface area (Å²) in [6.45, 7) is 4.61. The first-order valence-electron chi connectivity index (χ1n) is 7.96. The fourth-order valence-corrected chi connectivity index (χ4v) is 7.95. The summed E-state index contributed by atoms with van der Waals surface area (Å²) in [4.78, 5) is 0.179. The molecule has 2 aromatic rings. The highest BCUT2D eigenvalue weighted by atomic mass is 79.9. The average molecular weight is 483 g/mol. The van der Waals surface area contributed by atoms with Crippen LogP contribution < -0.4 is 0 Å². The van der Waals surface area contributed by atoms with E-state index in [1.54, 1.807) is 23.7 Å². The summed E-state index contributed by atoms with van der Waals surface area (Å²) in [5, 5.41) is 4.19. The number of rotatable bonds is 5. The number of hydrogen-bond donors (Lipinski definition) is 0. The molecule has 0 amide bonds. The fraction of sp³-hybridized carbons (Fsp3) is 0.500. The molecule has 12 heteroatoms. The quantitative estimate of drug-likeness (QED) is 0.646. The monoisotopic (exact) mass is 482 g/mol. The third-order valence-electron chi connectivity index (χ3n) is 4.18. The van der Waals surface area contributed by atoms with Gasteiger partial charge in [0, 0.05) is 38.9 Å². The van der Waals surface area contributed by atoms with E-state index in [9.17, 15) is 16.8 Å². The first-order valence-corrected chi connectivity index (χ1v) is 12.4. The van der Waals surface area contributed by atoms with Crippen molar-refractivity contribution in [1.82, 2.24) is 18.4 Å². The molecule has 3 rings (SSSR count). The van der Waals surface area contributed by atoms with Crippen molar-refractivity contribution in [2.45, 2.75) is 29.5 Å². The highest BCUT2D eigenvalue weighted by molar-refractivity contribution is 9.11. The number of aromatic nitrogens is 2. The van der Waals surface area contributed by atoms with Gasteiger partial charge in [0.05, 0.1) is 9.48 Å². The molecule has 8 nitrogen and oxygen atoms in total. The van der Waals surface area contributed by atoms with E-state index in [4.69, 9.17) is 0 Å². The van der Waals surface area contributed by atoms with Crippen LogP contribution in [0.3, 0.4) is 0 Å². The predicted molar refractivity (Wildman–Crippen MR) is 102 cm³/mol. The summed E-state index contributed by atoms with van der Waals surface area (Å²) in [5.74, 6) is 0. The van der Waals surface area contributed by atoms with Gasteiger partial charge in [0.25, 0.3) is 10.0 Å². The zero-order valence-electron chi connectivity index (χ0n) is 14.3. The summed E-state index contributed by atoms with van der Waals surface area (Å²) in [6, 6.07) is 3.24. The van der Waals surface area contributed by atoms with Crippen molar-refractivity contribution in [3.63, 3.8) is 0 Å². The lowest BCUT2D eigenvalue weighted by Crippen LogP contribution is -2.50. The van der Waals surface area contributed by atoms with Gasteiger partial charge in [-0.1, -0.05) is 0 Å². The SMILES string of the molecule is CCn1cc(S(=O)(=O)N2CCN(S(=O)(=O)c3ccc(Br)s3)CC2)c(C)n1. The van der Waals surface area contributed by atoms with Crippen LogP contribution in [-0.2, 0) is 26.6 Å². The Balaban J connectivity index is 1.76. The van der Waals surface area contributed by atoms with E-state index in [1.165, 1.54) is 14.8 Å².